The molecule has 1 N–H and O–H groups in total. The lowest BCUT2D eigenvalue weighted by Gasteiger charge is -2.28. The number of hydrogen-bond donors (Lipinski definition) is 1. The average Bonchev–Trinajstić information content (AvgIpc) is 2.63. The van der Waals surface area contributed by atoms with E-state index in [-0.39, 0.29) is 12.1 Å². The molecule has 0 unspecified atom stereocenters. The predicted molar refractivity (Wildman–Crippen MR) is 111 cm³/mol. The largest absolute Gasteiger partial charge is 0.372 e. The third-order valence-corrected chi connectivity index (χ3v) is 4.66. The second-order valence-corrected chi connectivity index (χ2v) is 6.81. The number of hydrogen-bond acceptors (Lipinski definition) is 2. The van der Waals surface area contributed by atoms with Gasteiger partial charge in [-0.15, -0.1) is 0 Å². The molecule has 4 heteroatoms. The van der Waals surface area contributed by atoms with Gasteiger partial charge in [0.05, 0.1) is 0 Å². The van der Waals surface area contributed by atoms with Gasteiger partial charge in [-0.2, -0.15) is 0 Å². The number of urea groups is 1. The molecule has 0 spiro atoms. The van der Waals surface area contributed by atoms with Gasteiger partial charge in [-0.3, -0.25) is 0 Å². The molecule has 140 valence electrons. The zero-order valence-electron chi connectivity index (χ0n) is 16.6. The summed E-state index contributed by atoms with van der Waals surface area (Å²) in [5.41, 5.74) is 4.26. The van der Waals surface area contributed by atoms with Crippen LogP contribution in [0.1, 0.15) is 38.8 Å². The van der Waals surface area contributed by atoms with Crippen molar-refractivity contribution in [3.63, 3.8) is 0 Å². The van der Waals surface area contributed by atoms with Gasteiger partial charge in [0, 0.05) is 37.1 Å². The van der Waals surface area contributed by atoms with E-state index in [0.29, 0.717) is 6.54 Å². The standard InChI is InChI=1S/C22H31N3O/c1-6-24(7-2)20-13-14-21(18(5)15-20)23-22(26)25(17(3)4)16-19-11-9-8-10-12-19/h8-15,17H,6-7,16H2,1-5H3,(H,23,26). The van der Waals surface area contributed by atoms with Crippen molar-refractivity contribution < 1.29 is 4.79 Å². The number of carbonyl (C=O) groups is 1. The molecule has 0 fully saturated rings. The molecule has 0 aliphatic heterocycles. The zero-order valence-corrected chi connectivity index (χ0v) is 16.6. The minimum atomic E-state index is -0.0671. The molecule has 0 saturated carbocycles. The van der Waals surface area contributed by atoms with Crippen molar-refractivity contribution in [1.82, 2.24) is 4.90 Å². The van der Waals surface area contributed by atoms with Crippen LogP contribution in [0.5, 0.6) is 0 Å². The molecular weight excluding hydrogens is 322 g/mol. The summed E-state index contributed by atoms with van der Waals surface area (Å²) in [4.78, 5) is 17.0. The van der Waals surface area contributed by atoms with E-state index in [9.17, 15) is 4.79 Å². The highest BCUT2D eigenvalue weighted by molar-refractivity contribution is 5.90. The summed E-state index contributed by atoms with van der Waals surface area (Å²) in [7, 11) is 0. The molecule has 4 nitrogen and oxygen atoms in total. The zero-order chi connectivity index (χ0) is 19.1. The Morgan fingerprint density at radius 2 is 1.69 bits per heavy atom. The van der Waals surface area contributed by atoms with Crippen molar-refractivity contribution in [3.8, 4) is 0 Å². The Morgan fingerprint density at radius 1 is 1.04 bits per heavy atom. The normalized spacial score (nSPS) is 10.7. The molecule has 26 heavy (non-hydrogen) atoms. The van der Waals surface area contributed by atoms with Crippen molar-refractivity contribution in [1.29, 1.82) is 0 Å². The number of anilines is 2. The number of rotatable bonds is 7. The molecule has 0 radical (unpaired) electrons. The monoisotopic (exact) mass is 353 g/mol. The first-order valence-corrected chi connectivity index (χ1v) is 9.43. The van der Waals surface area contributed by atoms with Crippen LogP contribution in [0.25, 0.3) is 0 Å². The first kappa shape index (κ1) is 19.8. The minimum Gasteiger partial charge on any atom is -0.372 e. The van der Waals surface area contributed by atoms with E-state index in [1.165, 1.54) is 5.69 Å². The van der Waals surface area contributed by atoms with E-state index >= 15 is 0 Å². The van der Waals surface area contributed by atoms with Crippen molar-refractivity contribution >= 4 is 17.4 Å². The van der Waals surface area contributed by atoms with Crippen LogP contribution in [-0.2, 0) is 6.54 Å². The SMILES string of the molecule is CCN(CC)c1ccc(NC(=O)N(Cc2ccccc2)C(C)C)c(C)c1. The van der Waals surface area contributed by atoms with Gasteiger partial charge in [0.25, 0.3) is 0 Å². The second kappa shape index (κ2) is 9.27. The van der Waals surface area contributed by atoms with E-state index in [1.54, 1.807) is 0 Å². The van der Waals surface area contributed by atoms with Crippen LogP contribution in [0.15, 0.2) is 48.5 Å². The van der Waals surface area contributed by atoms with Crippen LogP contribution >= 0.6 is 0 Å². The van der Waals surface area contributed by atoms with Crippen LogP contribution in [0, 0.1) is 6.92 Å². The number of aryl methyl sites for hydroxylation is 1. The number of amides is 2. The minimum absolute atomic E-state index is 0.0671. The lowest BCUT2D eigenvalue weighted by atomic mass is 10.1. The molecule has 0 heterocycles. The smallest absolute Gasteiger partial charge is 0.322 e. The Bertz CT molecular complexity index is 709. The summed E-state index contributed by atoms with van der Waals surface area (Å²) in [5.74, 6) is 0. The van der Waals surface area contributed by atoms with Crippen LogP contribution in [0.3, 0.4) is 0 Å². The van der Waals surface area contributed by atoms with Crippen LogP contribution in [0.2, 0.25) is 0 Å². The van der Waals surface area contributed by atoms with Crippen LogP contribution in [-0.4, -0.2) is 30.1 Å². The lowest BCUT2D eigenvalue weighted by Crippen LogP contribution is -2.39. The lowest BCUT2D eigenvalue weighted by molar-refractivity contribution is 0.193. The van der Waals surface area contributed by atoms with Crippen molar-refractivity contribution in [3.05, 3.63) is 59.7 Å². The van der Waals surface area contributed by atoms with Gasteiger partial charge in [-0.05, 0) is 63.9 Å². The van der Waals surface area contributed by atoms with Gasteiger partial charge >= 0.3 is 6.03 Å². The summed E-state index contributed by atoms with van der Waals surface area (Å²) in [5, 5.41) is 3.08. The van der Waals surface area contributed by atoms with Gasteiger partial charge in [0.2, 0.25) is 0 Å². The van der Waals surface area contributed by atoms with Gasteiger partial charge in [0.1, 0.15) is 0 Å². The Labute approximate surface area is 157 Å². The summed E-state index contributed by atoms with van der Waals surface area (Å²) < 4.78 is 0. The second-order valence-electron chi connectivity index (χ2n) is 6.81. The molecule has 0 aromatic heterocycles. The highest BCUT2D eigenvalue weighted by Gasteiger charge is 2.18. The first-order valence-electron chi connectivity index (χ1n) is 9.43. The van der Waals surface area contributed by atoms with Crippen molar-refractivity contribution in [2.75, 3.05) is 23.3 Å². The van der Waals surface area contributed by atoms with Gasteiger partial charge < -0.3 is 15.1 Å². The molecule has 2 aromatic carbocycles. The third kappa shape index (κ3) is 5.01. The maximum atomic E-state index is 12.8. The quantitative estimate of drug-likeness (QED) is 0.734. The fraction of sp³-hybridized carbons (Fsp3) is 0.409. The Morgan fingerprint density at radius 3 is 2.23 bits per heavy atom. The topological polar surface area (TPSA) is 35.6 Å². The molecular formula is C22H31N3O. The molecule has 0 bridgehead atoms. The van der Waals surface area contributed by atoms with E-state index in [1.807, 2.05) is 62.1 Å². The number of nitrogens with one attached hydrogen (secondary N) is 1. The van der Waals surface area contributed by atoms with Crippen LogP contribution < -0.4 is 10.2 Å². The first-order chi connectivity index (χ1) is 12.5. The fourth-order valence-corrected chi connectivity index (χ4v) is 3.03. The number of carbonyl (C=O) groups excluding carboxylic acids is 1. The molecule has 0 aliphatic carbocycles. The molecule has 2 rings (SSSR count). The Balaban J connectivity index is 2.13. The van der Waals surface area contributed by atoms with Crippen molar-refractivity contribution in [2.45, 2.75) is 47.2 Å². The molecule has 2 amide bonds. The van der Waals surface area contributed by atoms with Gasteiger partial charge in [0.15, 0.2) is 0 Å². The maximum Gasteiger partial charge on any atom is 0.322 e. The van der Waals surface area contributed by atoms with Crippen LogP contribution in [0.4, 0.5) is 16.2 Å². The fourth-order valence-electron chi connectivity index (χ4n) is 3.03. The maximum absolute atomic E-state index is 12.8. The Kier molecular flexibility index (Phi) is 7.07. The Hall–Kier alpha value is -2.49. The molecule has 0 atom stereocenters. The highest BCUT2D eigenvalue weighted by Crippen LogP contribution is 2.23. The predicted octanol–water partition coefficient (Wildman–Crippen LogP) is 5.28. The number of nitrogens with zero attached hydrogens (tertiary/aromatic N) is 2. The van der Waals surface area contributed by atoms with E-state index < -0.39 is 0 Å². The average molecular weight is 354 g/mol. The van der Waals surface area contributed by atoms with Gasteiger partial charge in [-0.1, -0.05) is 30.3 Å². The van der Waals surface area contributed by atoms with E-state index in [2.05, 4.69) is 36.2 Å². The summed E-state index contributed by atoms with van der Waals surface area (Å²) in [6, 6.07) is 16.4. The van der Waals surface area contributed by atoms with Gasteiger partial charge in [-0.25, -0.2) is 4.79 Å². The molecule has 2 aromatic rings. The molecule has 0 saturated heterocycles. The number of benzene rings is 2. The molecule has 0 aliphatic rings. The van der Waals surface area contributed by atoms with E-state index in [4.69, 9.17) is 0 Å². The summed E-state index contributed by atoms with van der Waals surface area (Å²) in [6.07, 6.45) is 0. The third-order valence-electron chi connectivity index (χ3n) is 4.66. The summed E-state index contributed by atoms with van der Waals surface area (Å²) >= 11 is 0. The van der Waals surface area contributed by atoms with E-state index in [0.717, 1.165) is 29.9 Å². The van der Waals surface area contributed by atoms with Crippen molar-refractivity contribution in [2.24, 2.45) is 0 Å². The highest BCUT2D eigenvalue weighted by atomic mass is 16.2. The summed E-state index contributed by atoms with van der Waals surface area (Å²) in [6.45, 7) is 13.0.